The molecule has 98 valence electrons. The molecular formula is C15H18ClFO. The predicted octanol–water partition coefficient (Wildman–Crippen LogP) is 5.49. The summed E-state index contributed by atoms with van der Waals surface area (Å²) >= 11 is 5.97. The molecule has 0 saturated heterocycles. The molecule has 0 saturated carbocycles. The first kappa shape index (κ1) is 14.8. The highest BCUT2D eigenvalue weighted by atomic mass is 35.5. The van der Waals surface area contributed by atoms with E-state index in [0.29, 0.717) is 5.39 Å². The van der Waals surface area contributed by atoms with E-state index >= 15 is 0 Å². The fourth-order valence-electron chi connectivity index (χ4n) is 1.87. The molecule has 2 rings (SSSR count). The molecule has 0 heterocycles. The highest BCUT2D eigenvalue weighted by Crippen LogP contribution is 2.35. The summed E-state index contributed by atoms with van der Waals surface area (Å²) in [5.41, 5.74) is 0.861. The van der Waals surface area contributed by atoms with Crippen LogP contribution in [-0.2, 0) is 0 Å². The van der Waals surface area contributed by atoms with E-state index < -0.39 is 5.82 Å². The third-order valence-electron chi connectivity index (χ3n) is 2.64. The zero-order valence-corrected chi connectivity index (χ0v) is 11.8. The Morgan fingerprint density at radius 2 is 1.78 bits per heavy atom. The van der Waals surface area contributed by atoms with E-state index in [0.717, 1.165) is 10.9 Å². The maximum Gasteiger partial charge on any atom is 0.142 e. The number of phenolic OH excluding ortho intramolecular Hbond substituents is 1. The maximum atomic E-state index is 13.4. The quantitative estimate of drug-likeness (QED) is 0.725. The Labute approximate surface area is 112 Å². The Bertz CT molecular complexity index is 550. The molecule has 0 aliphatic carbocycles. The number of hydrogen-bond acceptors (Lipinski definition) is 1. The van der Waals surface area contributed by atoms with Gasteiger partial charge in [-0.2, -0.15) is 0 Å². The van der Waals surface area contributed by atoms with Crippen molar-refractivity contribution in [2.75, 3.05) is 0 Å². The van der Waals surface area contributed by atoms with Gasteiger partial charge in [0.25, 0.3) is 0 Å². The molecule has 0 aromatic heterocycles. The van der Waals surface area contributed by atoms with Crippen LogP contribution in [0.4, 0.5) is 4.39 Å². The molecule has 0 amide bonds. The van der Waals surface area contributed by atoms with Crippen molar-refractivity contribution in [2.24, 2.45) is 0 Å². The van der Waals surface area contributed by atoms with Crippen molar-refractivity contribution in [2.45, 2.75) is 33.6 Å². The first-order valence-corrected chi connectivity index (χ1v) is 6.49. The van der Waals surface area contributed by atoms with E-state index in [2.05, 4.69) is 0 Å². The maximum absolute atomic E-state index is 13.4. The van der Waals surface area contributed by atoms with E-state index in [-0.39, 0.29) is 16.7 Å². The van der Waals surface area contributed by atoms with Gasteiger partial charge in [0, 0.05) is 5.39 Å². The van der Waals surface area contributed by atoms with Crippen molar-refractivity contribution in [3.63, 3.8) is 0 Å². The summed E-state index contributed by atoms with van der Waals surface area (Å²) in [6, 6.07) is 6.17. The van der Waals surface area contributed by atoms with Crippen LogP contribution in [0.25, 0.3) is 10.8 Å². The minimum absolute atomic E-state index is 0.126. The Hall–Kier alpha value is -1.28. The van der Waals surface area contributed by atoms with Crippen molar-refractivity contribution >= 4 is 22.4 Å². The minimum atomic E-state index is -0.429. The summed E-state index contributed by atoms with van der Waals surface area (Å²) in [5.74, 6) is -0.0745. The largest absolute Gasteiger partial charge is 0.508 e. The molecule has 2 aromatic rings. The molecule has 2 aromatic carbocycles. The minimum Gasteiger partial charge on any atom is -0.508 e. The summed E-state index contributed by atoms with van der Waals surface area (Å²) in [4.78, 5) is 0. The van der Waals surface area contributed by atoms with Crippen molar-refractivity contribution in [1.82, 2.24) is 0 Å². The number of benzene rings is 2. The second-order valence-corrected chi connectivity index (χ2v) is 4.53. The normalized spacial score (nSPS) is 10.4. The van der Waals surface area contributed by atoms with E-state index in [9.17, 15) is 9.50 Å². The number of fused-ring (bicyclic) bond motifs is 1. The molecular weight excluding hydrogens is 251 g/mol. The second-order valence-electron chi connectivity index (χ2n) is 4.15. The molecule has 0 fully saturated rings. The summed E-state index contributed by atoms with van der Waals surface area (Å²) < 4.78 is 13.4. The molecule has 0 aliphatic rings. The van der Waals surface area contributed by atoms with Crippen LogP contribution in [0.5, 0.6) is 5.75 Å². The third-order valence-corrected chi connectivity index (χ3v) is 3.01. The molecule has 0 radical (unpaired) electrons. The molecule has 3 heteroatoms. The van der Waals surface area contributed by atoms with Gasteiger partial charge in [-0.3, -0.25) is 0 Å². The van der Waals surface area contributed by atoms with Gasteiger partial charge in [-0.25, -0.2) is 4.39 Å². The Morgan fingerprint density at radius 3 is 2.33 bits per heavy atom. The highest BCUT2D eigenvalue weighted by Gasteiger charge is 2.13. The van der Waals surface area contributed by atoms with Gasteiger partial charge in [-0.15, -0.1) is 0 Å². The fraction of sp³-hybridized carbons (Fsp3) is 0.333. The van der Waals surface area contributed by atoms with E-state index in [1.807, 2.05) is 27.7 Å². The van der Waals surface area contributed by atoms with Gasteiger partial charge in [0.15, 0.2) is 0 Å². The molecule has 1 nitrogen and oxygen atoms in total. The molecule has 18 heavy (non-hydrogen) atoms. The van der Waals surface area contributed by atoms with Crippen LogP contribution in [0.3, 0.4) is 0 Å². The van der Waals surface area contributed by atoms with Gasteiger partial charge >= 0.3 is 0 Å². The van der Waals surface area contributed by atoms with Crippen molar-refractivity contribution in [1.29, 1.82) is 0 Å². The summed E-state index contributed by atoms with van der Waals surface area (Å²) in [6.45, 7) is 7.96. The van der Waals surface area contributed by atoms with Gasteiger partial charge in [0.05, 0.1) is 5.02 Å². The molecule has 0 unspecified atom stereocenters. The highest BCUT2D eigenvalue weighted by molar-refractivity contribution is 6.36. The number of halogens is 2. The lowest BCUT2D eigenvalue weighted by Crippen LogP contribution is -1.92. The van der Waals surface area contributed by atoms with Crippen molar-refractivity contribution < 1.29 is 9.50 Å². The van der Waals surface area contributed by atoms with Crippen LogP contribution in [0.2, 0.25) is 5.02 Å². The molecule has 0 bridgehead atoms. The average molecular weight is 269 g/mol. The van der Waals surface area contributed by atoms with E-state index in [4.69, 9.17) is 11.6 Å². The van der Waals surface area contributed by atoms with Gasteiger partial charge in [-0.05, 0) is 35.1 Å². The first-order valence-electron chi connectivity index (χ1n) is 6.11. The molecule has 0 spiro atoms. The standard InChI is InChI=1S/C13H12ClFO.C2H6/c1-7(2)10-6-9(16)5-8-3-4-11(15)13(14)12(8)10;1-2/h3-7,16H,1-2H3;1-2H3. The van der Waals surface area contributed by atoms with Gasteiger partial charge in [-0.1, -0.05) is 45.4 Å². The van der Waals surface area contributed by atoms with Crippen LogP contribution < -0.4 is 0 Å². The molecule has 0 atom stereocenters. The third kappa shape index (κ3) is 2.75. The topological polar surface area (TPSA) is 20.2 Å². The lowest BCUT2D eigenvalue weighted by atomic mass is 9.95. The zero-order valence-electron chi connectivity index (χ0n) is 11.1. The summed E-state index contributed by atoms with van der Waals surface area (Å²) in [7, 11) is 0. The summed E-state index contributed by atoms with van der Waals surface area (Å²) in [6.07, 6.45) is 0. The Kier molecular flexibility index (Phi) is 4.97. The van der Waals surface area contributed by atoms with Crippen molar-refractivity contribution in [3.8, 4) is 5.75 Å². The van der Waals surface area contributed by atoms with Gasteiger partial charge in [0.1, 0.15) is 11.6 Å². The van der Waals surface area contributed by atoms with Crippen LogP contribution in [0, 0.1) is 5.82 Å². The number of hydrogen-bond donors (Lipinski definition) is 1. The van der Waals surface area contributed by atoms with Crippen LogP contribution in [0.15, 0.2) is 24.3 Å². The van der Waals surface area contributed by atoms with E-state index in [1.54, 1.807) is 18.2 Å². The lowest BCUT2D eigenvalue weighted by molar-refractivity contribution is 0.475. The Balaban J connectivity index is 0.000000771. The zero-order chi connectivity index (χ0) is 13.9. The van der Waals surface area contributed by atoms with E-state index in [1.165, 1.54) is 6.07 Å². The summed E-state index contributed by atoms with van der Waals surface area (Å²) in [5, 5.41) is 11.2. The smallest absolute Gasteiger partial charge is 0.142 e. The van der Waals surface area contributed by atoms with Crippen LogP contribution in [0.1, 0.15) is 39.2 Å². The van der Waals surface area contributed by atoms with Gasteiger partial charge in [0.2, 0.25) is 0 Å². The number of rotatable bonds is 1. The predicted molar refractivity (Wildman–Crippen MR) is 76.0 cm³/mol. The van der Waals surface area contributed by atoms with Crippen LogP contribution >= 0.6 is 11.6 Å². The van der Waals surface area contributed by atoms with Crippen molar-refractivity contribution in [3.05, 3.63) is 40.7 Å². The lowest BCUT2D eigenvalue weighted by Gasteiger charge is -2.12. The molecule has 0 aliphatic heterocycles. The SMILES string of the molecule is CC.CC(C)c1cc(O)cc2ccc(F)c(Cl)c12. The van der Waals surface area contributed by atoms with Crippen LogP contribution in [-0.4, -0.2) is 5.11 Å². The fourth-order valence-corrected chi connectivity index (χ4v) is 2.15. The number of aromatic hydroxyl groups is 1. The second kappa shape index (κ2) is 6.05. The monoisotopic (exact) mass is 268 g/mol. The first-order chi connectivity index (χ1) is 8.50. The Morgan fingerprint density at radius 1 is 1.17 bits per heavy atom. The molecule has 1 N–H and O–H groups in total. The van der Waals surface area contributed by atoms with Gasteiger partial charge < -0.3 is 5.11 Å². The average Bonchev–Trinajstić information content (AvgIpc) is 2.35. The number of phenols is 1.